The number of ether oxygens (including phenoxy) is 2. The van der Waals surface area contributed by atoms with Gasteiger partial charge in [0.2, 0.25) is 5.91 Å². The predicted molar refractivity (Wildman–Crippen MR) is 86.1 cm³/mol. The third kappa shape index (κ3) is 5.45. The summed E-state index contributed by atoms with van der Waals surface area (Å²) in [5.41, 5.74) is 5.53. The number of rotatable bonds is 8. The van der Waals surface area contributed by atoms with E-state index in [9.17, 15) is 14.4 Å². The van der Waals surface area contributed by atoms with Gasteiger partial charge in [0.1, 0.15) is 0 Å². The van der Waals surface area contributed by atoms with Crippen molar-refractivity contribution in [1.82, 2.24) is 5.32 Å². The Morgan fingerprint density at radius 3 is 2.25 bits per heavy atom. The molecule has 0 radical (unpaired) electrons. The fourth-order valence-electron chi connectivity index (χ4n) is 3.05. The highest BCUT2D eigenvalue weighted by atomic mass is 16.5. The lowest BCUT2D eigenvalue weighted by atomic mass is 10.0. The molecule has 1 rings (SSSR count). The van der Waals surface area contributed by atoms with Gasteiger partial charge in [-0.1, -0.05) is 13.8 Å². The van der Waals surface area contributed by atoms with Crippen LogP contribution < -0.4 is 11.1 Å². The lowest BCUT2D eigenvalue weighted by molar-refractivity contribution is -0.152. The van der Waals surface area contributed by atoms with Crippen molar-refractivity contribution in [3.8, 4) is 0 Å². The first-order chi connectivity index (χ1) is 11.2. The maximum Gasteiger partial charge on any atom is 0.331 e. The van der Waals surface area contributed by atoms with Crippen LogP contribution in [0.3, 0.4) is 0 Å². The molecule has 0 bridgehead atoms. The van der Waals surface area contributed by atoms with Crippen molar-refractivity contribution < 1.29 is 29.0 Å². The molecule has 0 aromatic heterocycles. The Morgan fingerprint density at radius 2 is 1.79 bits per heavy atom. The molecule has 8 heteroatoms. The average Bonchev–Trinajstić information content (AvgIpc) is 2.82. The van der Waals surface area contributed by atoms with Gasteiger partial charge in [0.25, 0.3) is 0 Å². The molecule has 1 fully saturated rings. The Labute approximate surface area is 142 Å². The molecule has 0 aromatic carbocycles. The molecule has 2 unspecified atom stereocenters. The highest BCUT2D eigenvalue weighted by Crippen LogP contribution is 2.34. The molecule has 0 spiro atoms. The van der Waals surface area contributed by atoms with Crippen molar-refractivity contribution >= 4 is 17.8 Å². The third-order valence-electron chi connectivity index (χ3n) is 4.52. The highest BCUT2D eigenvalue weighted by molar-refractivity contribution is 5.90. The van der Waals surface area contributed by atoms with E-state index in [1.54, 1.807) is 6.92 Å². The highest BCUT2D eigenvalue weighted by Gasteiger charge is 2.37. The number of hydrogen-bond donors (Lipinski definition) is 3. The molecular weight excluding hydrogens is 316 g/mol. The maximum atomic E-state index is 12.0. The van der Waals surface area contributed by atoms with Gasteiger partial charge >= 0.3 is 11.9 Å². The number of carbonyl (C=O) groups excluding carboxylic acids is 2. The first-order valence-electron chi connectivity index (χ1n) is 8.18. The quantitative estimate of drug-likeness (QED) is 0.540. The van der Waals surface area contributed by atoms with Gasteiger partial charge in [0, 0.05) is 0 Å². The smallest absolute Gasteiger partial charge is 0.331 e. The van der Waals surface area contributed by atoms with E-state index in [1.165, 1.54) is 7.11 Å². The standard InChI is InChI=1S/C16H28N2O6/c1-8-5-6-9(2)14(8)24-10(3)13(16(22)23-4)18-15(21)11(17)7-12(19)20/h8-11,13-14H,5-7,17H2,1-4H3,(H,18,21)(H,19,20)/t8?,9?,10-,11+,13+,14?/m1/s1. The summed E-state index contributed by atoms with van der Waals surface area (Å²) >= 11 is 0. The Hall–Kier alpha value is -1.67. The molecule has 138 valence electrons. The topological polar surface area (TPSA) is 128 Å². The second-order valence-electron chi connectivity index (χ2n) is 6.55. The minimum absolute atomic E-state index is 0.00301. The number of carboxylic acids is 1. The Kier molecular flexibility index (Phi) is 7.62. The van der Waals surface area contributed by atoms with Crippen LogP contribution in [0.15, 0.2) is 0 Å². The first kappa shape index (κ1) is 20.4. The van der Waals surface area contributed by atoms with E-state index in [2.05, 4.69) is 19.2 Å². The number of carboxylic acid groups (broad SMARTS) is 1. The second-order valence-corrected chi connectivity index (χ2v) is 6.55. The van der Waals surface area contributed by atoms with E-state index in [4.69, 9.17) is 20.3 Å². The van der Waals surface area contributed by atoms with Gasteiger partial charge in [-0.25, -0.2) is 4.79 Å². The van der Waals surface area contributed by atoms with Gasteiger partial charge in [0.05, 0.1) is 31.8 Å². The third-order valence-corrected chi connectivity index (χ3v) is 4.52. The van der Waals surface area contributed by atoms with Crippen molar-refractivity contribution in [1.29, 1.82) is 0 Å². The number of aliphatic carboxylic acids is 1. The van der Waals surface area contributed by atoms with Gasteiger partial charge in [0.15, 0.2) is 6.04 Å². The number of methoxy groups -OCH3 is 1. The van der Waals surface area contributed by atoms with Gasteiger partial charge in [-0.15, -0.1) is 0 Å². The fourth-order valence-corrected chi connectivity index (χ4v) is 3.05. The number of nitrogens with one attached hydrogen (secondary N) is 1. The molecule has 0 saturated heterocycles. The van der Waals surface area contributed by atoms with Crippen LogP contribution in [-0.4, -0.2) is 54.4 Å². The maximum absolute atomic E-state index is 12.0. The molecule has 4 N–H and O–H groups in total. The summed E-state index contributed by atoms with van der Waals surface area (Å²) in [6, 6.07) is -2.28. The van der Waals surface area contributed by atoms with Crippen molar-refractivity contribution in [3.63, 3.8) is 0 Å². The first-order valence-corrected chi connectivity index (χ1v) is 8.18. The Morgan fingerprint density at radius 1 is 1.25 bits per heavy atom. The van der Waals surface area contributed by atoms with Gasteiger partial charge < -0.3 is 25.6 Å². The van der Waals surface area contributed by atoms with Crippen LogP contribution >= 0.6 is 0 Å². The van der Waals surface area contributed by atoms with E-state index in [1.807, 2.05) is 0 Å². The second kappa shape index (κ2) is 8.98. The average molecular weight is 344 g/mol. The largest absolute Gasteiger partial charge is 0.481 e. The van der Waals surface area contributed by atoms with Gasteiger partial charge in [-0.2, -0.15) is 0 Å². The number of amides is 1. The number of carbonyl (C=O) groups is 3. The summed E-state index contributed by atoms with van der Waals surface area (Å²) in [6.45, 7) is 5.87. The van der Waals surface area contributed by atoms with Gasteiger partial charge in [-0.05, 0) is 31.6 Å². The summed E-state index contributed by atoms with van der Waals surface area (Å²) in [7, 11) is 1.21. The van der Waals surface area contributed by atoms with E-state index in [0.717, 1.165) is 12.8 Å². The predicted octanol–water partition coefficient (Wildman–Crippen LogP) is 0.286. The van der Waals surface area contributed by atoms with E-state index in [0.29, 0.717) is 11.8 Å². The molecule has 1 amide bonds. The van der Waals surface area contributed by atoms with Crippen molar-refractivity contribution in [2.45, 2.75) is 64.3 Å². The molecule has 0 aliphatic heterocycles. The number of esters is 1. The molecule has 0 aromatic rings. The molecular formula is C16H28N2O6. The van der Waals surface area contributed by atoms with Crippen molar-refractivity contribution in [3.05, 3.63) is 0 Å². The normalized spacial score (nSPS) is 27.1. The van der Waals surface area contributed by atoms with E-state index in [-0.39, 0.29) is 6.10 Å². The van der Waals surface area contributed by atoms with Gasteiger partial charge in [-0.3, -0.25) is 9.59 Å². The minimum atomic E-state index is -1.24. The lowest BCUT2D eigenvalue weighted by Crippen LogP contribution is -2.54. The molecule has 1 aliphatic carbocycles. The Bertz CT molecular complexity index is 459. The van der Waals surface area contributed by atoms with Crippen LogP contribution in [-0.2, 0) is 23.9 Å². The SMILES string of the molecule is COC(=O)[C@@H](NC(=O)[C@@H](N)CC(=O)O)[C@@H](C)OC1C(C)CCC1C. The Balaban J connectivity index is 2.75. The number of nitrogens with two attached hydrogens (primary N) is 1. The summed E-state index contributed by atoms with van der Waals surface area (Å²) in [5.74, 6) is -1.84. The lowest BCUT2D eigenvalue weighted by Gasteiger charge is -2.30. The zero-order valence-corrected chi connectivity index (χ0v) is 14.7. The zero-order chi connectivity index (χ0) is 18.4. The summed E-state index contributed by atoms with van der Waals surface area (Å²) in [6.07, 6.45) is 0.962. The fraction of sp³-hybridized carbons (Fsp3) is 0.812. The van der Waals surface area contributed by atoms with Crippen molar-refractivity contribution in [2.24, 2.45) is 17.6 Å². The van der Waals surface area contributed by atoms with E-state index < -0.39 is 42.5 Å². The molecule has 1 aliphatic rings. The van der Waals surface area contributed by atoms with Crippen LogP contribution in [0.2, 0.25) is 0 Å². The van der Waals surface area contributed by atoms with Crippen molar-refractivity contribution in [2.75, 3.05) is 7.11 Å². The van der Waals surface area contributed by atoms with E-state index >= 15 is 0 Å². The summed E-state index contributed by atoms with van der Waals surface area (Å²) in [4.78, 5) is 34.7. The van der Waals surface area contributed by atoms with Crippen LogP contribution in [0, 0.1) is 11.8 Å². The monoisotopic (exact) mass is 344 g/mol. The molecule has 8 nitrogen and oxygen atoms in total. The summed E-state index contributed by atoms with van der Waals surface area (Å²) < 4.78 is 10.7. The zero-order valence-electron chi connectivity index (χ0n) is 14.7. The number of hydrogen-bond acceptors (Lipinski definition) is 6. The van der Waals surface area contributed by atoms with Crippen LogP contribution in [0.25, 0.3) is 0 Å². The van der Waals surface area contributed by atoms with Crippen LogP contribution in [0.1, 0.15) is 40.0 Å². The molecule has 5 atom stereocenters. The molecule has 24 heavy (non-hydrogen) atoms. The van der Waals surface area contributed by atoms with Crippen LogP contribution in [0.5, 0.6) is 0 Å². The molecule has 0 heterocycles. The minimum Gasteiger partial charge on any atom is -0.481 e. The molecule has 1 saturated carbocycles. The van der Waals surface area contributed by atoms with Crippen LogP contribution in [0.4, 0.5) is 0 Å². The summed E-state index contributed by atoms with van der Waals surface area (Å²) in [5, 5.41) is 11.2.